The highest BCUT2D eigenvalue weighted by molar-refractivity contribution is 5.36. The summed E-state index contributed by atoms with van der Waals surface area (Å²) < 4.78 is 5.44. The van der Waals surface area contributed by atoms with Crippen LogP contribution < -0.4 is 11.3 Å². The Hall–Kier alpha value is -1.20. The molecular formula is C12H22N4O. The third-order valence-corrected chi connectivity index (χ3v) is 2.27. The largest absolute Gasteiger partial charge is 0.373 e. The van der Waals surface area contributed by atoms with Crippen LogP contribution in [0.15, 0.2) is 6.07 Å². The quantitative estimate of drug-likeness (QED) is 0.466. The van der Waals surface area contributed by atoms with Gasteiger partial charge in [-0.05, 0) is 6.42 Å². The van der Waals surface area contributed by atoms with Gasteiger partial charge in [-0.3, -0.25) is 0 Å². The van der Waals surface area contributed by atoms with Gasteiger partial charge in [0.2, 0.25) is 0 Å². The number of hydrazine groups is 1. The van der Waals surface area contributed by atoms with E-state index in [1.165, 1.54) is 0 Å². The maximum absolute atomic E-state index is 5.44. The zero-order valence-corrected chi connectivity index (χ0v) is 11.1. The third kappa shape index (κ3) is 4.28. The minimum absolute atomic E-state index is 0.0337. The summed E-state index contributed by atoms with van der Waals surface area (Å²) in [6, 6.07) is 1.86. The van der Waals surface area contributed by atoms with Gasteiger partial charge < -0.3 is 10.2 Å². The second-order valence-corrected chi connectivity index (χ2v) is 5.00. The molecule has 17 heavy (non-hydrogen) atoms. The summed E-state index contributed by atoms with van der Waals surface area (Å²) >= 11 is 0. The smallest absolute Gasteiger partial charge is 0.156 e. The monoisotopic (exact) mass is 238 g/mol. The molecule has 0 amide bonds. The van der Waals surface area contributed by atoms with Crippen molar-refractivity contribution in [1.29, 1.82) is 0 Å². The number of anilines is 1. The van der Waals surface area contributed by atoms with Crippen LogP contribution in [0.25, 0.3) is 0 Å². The van der Waals surface area contributed by atoms with Crippen molar-refractivity contribution in [2.75, 3.05) is 12.0 Å². The molecule has 0 atom stereocenters. The Kier molecular flexibility index (Phi) is 4.84. The Balaban J connectivity index is 2.89. The first kappa shape index (κ1) is 13.9. The van der Waals surface area contributed by atoms with E-state index in [0.717, 1.165) is 12.1 Å². The molecule has 0 fully saturated rings. The predicted molar refractivity (Wildman–Crippen MR) is 68.5 cm³/mol. The first-order valence-corrected chi connectivity index (χ1v) is 5.90. The number of nitrogens with two attached hydrogens (primary N) is 1. The molecule has 0 aliphatic heterocycles. The number of aromatic nitrogens is 2. The summed E-state index contributed by atoms with van der Waals surface area (Å²) in [7, 11) is 0. The van der Waals surface area contributed by atoms with Gasteiger partial charge in [0.15, 0.2) is 5.82 Å². The second-order valence-electron chi connectivity index (χ2n) is 5.00. The van der Waals surface area contributed by atoms with Crippen LogP contribution in [0.2, 0.25) is 0 Å². The Labute approximate surface area is 103 Å². The minimum atomic E-state index is -0.0337. The molecule has 0 saturated heterocycles. The lowest BCUT2D eigenvalue weighted by Crippen LogP contribution is -2.18. The van der Waals surface area contributed by atoms with E-state index in [2.05, 4.69) is 43.1 Å². The van der Waals surface area contributed by atoms with Crippen LogP contribution in [0.4, 0.5) is 5.82 Å². The van der Waals surface area contributed by atoms with E-state index in [9.17, 15) is 0 Å². The van der Waals surface area contributed by atoms with E-state index in [1.54, 1.807) is 0 Å². The molecule has 1 aromatic rings. The number of nitrogens with one attached hydrogen (secondary N) is 1. The lowest BCUT2D eigenvalue weighted by molar-refractivity contribution is 0.116. The fourth-order valence-electron chi connectivity index (χ4n) is 1.33. The summed E-state index contributed by atoms with van der Waals surface area (Å²) in [5.74, 6) is 6.70. The van der Waals surface area contributed by atoms with Crippen molar-refractivity contribution < 1.29 is 4.74 Å². The van der Waals surface area contributed by atoms with Crippen LogP contribution in [0.3, 0.4) is 0 Å². The first-order valence-electron chi connectivity index (χ1n) is 5.90. The van der Waals surface area contributed by atoms with Crippen molar-refractivity contribution in [1.82, 2.24) is 9.97 Å². The number of hydrogen-bond donors (Lipinski definition) is 2. The summed E-state index contributed by atoms with van der Waals surface area (Å²) in [6.07, 6.45) is 0.987. The predicted octanol–water partition coefficient (Wildman–Crippen LogP) is 1.99. The topological polar surface area (TPSA) is 73.1 Å². The van der Waals surface area contributed by atoms with Crippen molar-refractivity contribution in [3.8, 4) is 0 Å². The van der Waals surface area contributed by atoms with Crippen molar-refractivity contribution in [2.24, 2.45) is 5.84 Å². The minimum Gasteiger partial charge on any atom is -0.373 e. The fraction of sp³-hybridized carbons (Fsp3) is 0.667. The van der Waals surface area contributed by atoms with Crippen LogP contribution in [0, 0.1) is 0 Å². The number of nitrogens with zero attached hydrogens (tertiary/aromatic N) is 2. The van der Waals surface area contributed by atoms with Gasteiger partial charge in [0.25, 0.3) is 0 Å². The summed E-state index contributed by atoms with van der Waals surface area (Å²) in [6.45, 7) is 9.52. The fourth-order valence-corrected chi connectivity index (χ4v) is 1.33. The van der Waals surface area contributed by atoms with Crippen molar-refractivity contribution >= 4 is 5.82 Å². The molecule has 1 heterocycles. The van der Waals surface area contributed by atoms with Gasteiger partial charge in [-0.25, -0.2) is 15.8 Å². The highest BCUT2D eigenvalue weighted by Gasteiger charge is 2.17. The molecule has 1 rings (SSSR count). The van der Waals surface area contributed by atoms with Gasteiger partial charge in [0.05, 0.1) is 5.69 Å². The van der Waals surface area contributed by atoms with Crippen LogP contribution in [-0.2, 0) is 16.8 Å². The van der Waals surface area contributed by atoms with Crippen molar-refractivity contribution in [3.63, 3.8) is 0 Å². The second kappa shape index (κ2) is 5.93. The van der Waals surface area contributed by atoms with Gasteiger partial charge in [-0.2, -0.15) is 0 Å². The van der Waals surface area contributed by atoms with Gasteiger partial charge in [0, 0.05) is 18.1 Å². The Morgan fingerprint density at radius 2 is 2.06 bits per heavy atom. The molecule has 0 radical (unpaired) electrons. The van der Waals surface area contributed by atoms with Gasteiger partial charge in [0.1, 0.15) is 12.4 Å². The Morgan fingerprint density at radius 1 is 1.35 bits per heavy atom. The zero-order chi connectivity index (χ0) is 12.9. The lowest BCUT2D eigenvalue weighted by atomic mass is 9.92. The van der Waals surface area contributed by atoms with E-state index in [0.29, 0.717) is 24.9 Å². The average Bonchev–Trinajstić information content (AvgIpc) is 2.28. The zero-order valence-electron chi connectivity index (χ0n) is 11.1. The molecule has 3 N–H and O–H groups in total. The molecule has 0 saturated carbocycles. The van der Waals surface area contributed by atoms with Crippen LogP contribution >= 0.6 is 0 Å². The molecular weight excluding hydrogens is 216 g/mol. The summed E-state index contributed by atoms with van der Waals surface area (Å²) in [5, 5.41) is 0. The highest BCUT2D eigenvalue weighted by atomic mass is 16.5. The number of ether oxygens (including phenoxy) is 1. The van der Waals surface area contributed by atoms with E-state index in [4.69, 9.17) is 10.6 Å². The van der Waals surface area contributed by atoms with E-state index in [-0.39, 0.29) is 5.41 Å². The SMILES string of the molecule is CCCOCc1nc(NN)cc(C(C)(C)C)n1. The Morgan fingerprint density at radius 3 is 2.59 bits per heavy atom. The van der Waals surface area contributed by atoms with Crippen LogP contribution in [0.1, 0.15) is 45.6 Å². The van der Waals surface area contributed by atoms with E-state index in [1.807, 2.05) is 6.07 Å². The molecule has 5 heteroatoms. The highest BCUT2D eigenvalue weighted by Crippen LogP contribution is 2.22. The molecule has 5 nitrogen and oxygen atoms in total. The normalized spacial score (nSPS) is 11.6. The van der Waals surface area contributed by atoms with E-state index >= 15 is 0 Å². The van der Waals surface area contributed by atoms with Gasteiger partial charge in [-0.15, -0.1) is 0 Å². The summed E-state index contributed by atoms with van der Waals surface area (Å²) in [4.78, 5) is 8.76. The molecule has 0 spiro atoms. The molecule has 0 aliphatic carbocycles. The number of nitrogen functional groups attached to an aromatic ring is 1. The third-order valence-electron chi connectivity index (χ3n) is 2.27. The maximum Gasteiger partial charge on any atom is 0.156 e. The van der Waals surface area contributed by atoms with Crippen molar-refractivity contribution in [3.05, 3.63) is 17.6 Å². The molecule has 0 aromatic carbocycles. The van der Waals surface area contributed by atoms with Crippen LogP contribution in [0.5, 0.6) is 0 Å². The maximum atomic E-state index is 5.44. The summed E-state index contributed by atoms with van der Waals surface area (Å²) in [5.41, 5.74) is 3.48. The average molecular weight is 238 g/mol. The van der Waals surface area contributed by atoms with Gasteiger partial charge in [-0.1, -0.05) is 27.7 Å². The molecule has 0 bridgehead atoms. The molecule has 1 aromatic heterocycles. The molecule has 96 valence electrons. The molecule has 0 aliphatic rings. The van der Waals surface area contributed by atoms with Crippen LogP contribution in [-0.4, -0.2) is 16.6 Å². The number of rotatable bonds is 5. The Bertz CT molecular complexity index is 360. The number of hydrogen-bond acceptors (Lipinski definition) is 5. The lowest BCUT2D eigenvalue weighted by Gasteiger charge is -2.19. The van der Waals surface area contributed by atoms with Crippen molar-refractivity contribution in [2.45, 2.75) is 46.1 Å². The standard InChI is InChI=1S/C12H22N4O/c1-5-6-17-8-11-14-9(12(2,3)4)7-10(15-11)16-13/h7H,5-6,8,13H2,1-4H3,(H,14,15,16). The van der Waals surface area contributed by atoms with Gasteiger partial charge >= 0.3 is 0 Å². The van der Waals surface area contributed by atoms with E-state index < -0.39 is 0 Å². The molecule has 0 unspecified atom stereocenters. The first-order chi connectivity index (χ1) is 7.97.